The first-order chi connectivity index (χ1) is 14.5. The first-order valence-electron chi connectivity index (χ1n) is 10.3. The summed E-state index contributed by atoms with van der Waals surface area (Å²) in [5.41, 5.74) is 0.821. The van der Waals surface area contributed by atoms with Gasteiger partial charge in [-0.2, -0.15) is 5.10 Å². The molecule has 2 N–H and O–H groups in total. The molecule has 30 heavy (non-hydrogen) atoms. The molecule has 9 heteroatoms. The molecule has 0 bridgehead atoms. The number of halogens is 1. The van der Waals surface area contributed by atoms with Crippen LogP contribution in [0.5, 0.6) is 0 Å². The zero-order valence-electron chi connectivity index (χ0n) is 16.8. The maximum atomic E-state index is 14.2. The van der Waals surface area contributed by atoms with Crippen LogP contribution in [0.15, 0.2) is 30.7 Å². The summed E-state index contributed by atoms with van der Waals surface area (Å²) in [7, 11) is 1.72. The largest absolute Gasteiger partial charge is 0.355 e. The minimum Gasteiger partial charge on any atom is -0.355 e. The number of amides is 1. The van der Waals surface area contributed by atoms with Crippen molar-refractivity contribution >= 4 is 28.3 Å². The molecule has 1 saturated carbocycles. The number of nitrogens with zero attached hydrogens (tertiary/aromatic N) is 5. The number of hydrogen-bond acceptors (Lipinski definition) is 6. The number of carbonyl (C=O) groups excluding carboxylic acids is 1. The lowest BCUT2D eigenvalue weighted by Crippen LogP contribution is -2.28. The third kappa shape index (κ3) is 3.97. The second-order valence-corrected chi connectivity index (χ2v) is 8.20. The van der Waals surface area contributed by atoms with Crippen molar-refractivity contribution in [1.82, 2.24) is 25.1 Å². The monoisotopic (exact) mass is 409 g/mol. The molecule has 0 spiro atoms. The van der Waals surface area contributed by atoms with Crippen LogP contribution in [0.2, 0.25) is 0 Å². The summed E-state index contributed by atoms with van der Waals surface area (Å²) in [5, 5.41) is 11.0. The van der Waals surface area contributed by atoms with E-state index in [0.717, 1.165) is 37.9 Å². The number of benzene rings is 1. The van der Waals surface area contributed by atoms with E-state index in [4.69, 9.17) is 0 Å². The second-order valence-electron chi connectivity index (χ2n) is 8.20. The molecule has 0 radical (unpaired) electrons. The number of rotatable bonds is 6. The lowest BCUT2D eigenvalue weighted by molar-refractivity contribution is 0.102. The molecule has 5 rings (SSSR count). The second kappa shape index (κ2) is 7.64. The molecular weight excluding hydrogens is 385 g/mol. The van der Waals surface area contributed by atoms with E-state index >= 15 is 0 Å². The molecule has 3 heterocycles. The number of carbonyl (C=O) groups is 1. The van der Waals surface area contributed by atoms with Crippen LogP contribution >= 0.6 is 0 Å². The summed E-state index contributed by atoms with van der Waals surface area (Å²) in [6.07, 6.45) is 8.54. The Hall–Kier alpha value is -3.07. The van der Waals surface area contributed by atoms with Gasteiger partial charge in [0.05, 0.1) is 12.4 Å². The Balaban J connectivity index is 1.22. The van der Waals surface area contributed by atoms with Gasteiger partial charge in [-0.3, -0.25) is 9.48 Å². The molecule has 1 aliphatic heterocycles. The van der Waals surface area contributed by atoms with Crippen LogP contribution in [0.3, 0.4) is 0 Å². The highest BCUT2D eigenvalue weighted by Crippen LogP contribution is 2.24. The Morgan fingerprint density at radius 2 is 2.10 bits per heavy atom. The molecule has 156 valence electrons. The maximum absolute atomic E-state index is 14.2. The van der Waals surface area contributed by atoms with Crippen LogP contribution in [-0.2, 0) is 7.05 Å². The predicted octanol–water partition coefficient (Wildman–Crippen LogP) is 2.33. The zero-order valence-corrected chi connectivity index (χ0v) is 16.8. The van der Waals surface area contributed by atoms with Crippen molar-refractivity contribution in [2.45, 2.75) is 25.3 Å². The number of fused-ring (bicyclic) bond motifs is 1. The standard InChI is InChI=1S/C21H24FN7O/c1-28-12-14-6-16(7-17(22)20(14)27-28)26-21(30)18-9-25-19(10-24-18)29-5-4-13(11-29)8-23-15-2-3-15/h6-7,9-10,12-13,15,23H,2-5,8,11H2,1H3,(H,26,30). The number of hydrogen-bond donors (Lipinski definition) is 2. The molecule has 8 nitrogen and oxygen atoms in total. The normalized spacial score (nSPS) is 18.9. The van der Waals surface area contributed by atoms with Gasteiger partial charge in [-0.05, 0) is 43.9 Å². The van der Waals surface area contributed by atoms with Crippen LogP contribution in [0.1, 0.15) is 29.8 Å². The van der Waals surface area contributed by atoms with Gasteiger partial charge in [0.2, 0.25) is 0 Å². The molecular formula is C21H24FN7O. The Morgan fingerprint density at radius 3 is 2.87 bits per heavy atom. The minimum absolute atomic E-state index is 0.191. The fraction of sp³-hybridized carbons (Fsp3) is 0.429. The lowest BCUT2D eigenvalue weighted by atomic mass is 10.1. The third-order valence-corrected chi connectivity index (χ3v) is 5.69. The zero-order chi connectivity index (χ0) is 20.7. The van der Waals surface area contributed by atoms with Gasteiger partial charge < -0.3 is 15.5 Å². The van der Waals surface area contributed by atoms with Gasteiger partial charge in [0, 0.05) is 43.4 Å². The van der Waals surface area contributed by atoms with E-state index in [9.17, 15) is 9.18 Å². The number of anilines is 2. The Labute approximate surface area is 173 Å². The average Bonchev–Trinajstić information content (AvgIpc) is 3.30. The van der Waals surface area contributed by atoms with E-state index in [1.807, 2.05) is 0 Å². The predicted molar refractivity (Wildman–Crippen MR) is 112 cm³/mol. The number of aryl methyl sites for hydroxylation is 1. The molecule has 1 amide bonds. The molecule has 2 aliphatic rings. The van der Waals surface area contributed by atoms with Crippen molar-refractivity contribution in [1.29, 1.82) is 0 Å². The van der Waals surface area contributed by atoms with Crippen molar-refractivity contribution in [3.05, 3.63) is 42.2 Å². The smallest absolute Gasteiger partial charge is 0.275 e. The van der Waals surface area contributed by atoms with Gasteiger partial charge >= 0.3 is 0 Å². The van der Waals surface area contributed by atoms with Crippen molar-refractivity contribution in [2.24, 2.45) is 13.0 Å². The van der Waals surface area contributed by atoms with Crippen LogP contribution in [0.25, 0.3) is 10.9 Å². The van der Waals surface area contributed by atoms with Gasteiger partial charge in [-0.15, -0.1) is 0 Å². The summed E-state index contributed by atoms with van der Waals surface area (Å²) in [5.74, 6) is 0.491. The minimum atomic E-state index is -0.482. The molecule has 2 fully saturated rings. The van der Waals surface area contributed by atoms with Gasteiger partial charge in [-0.1, -0.05) is 0 Å². The average molecular weight is 409 g/mol. The van der Waals surface area contributed by atoms with Crippen LogP contribution in [-0.4, -0.2) is 51.3 Å². The Kier molecular flexibility index (Phi) is 4.82. The highest BCUT2D eigenvalue weighted by molar-refractivity contribution is 6.03. The quantitative estimate of drug-likeness (QED) is 0.650. The van der Waals surface area contributed by atoms with Crippen molar-refractivity contribution in [2.75, 3.05) is 29.9 Å². The SMILES string of the molecule is Cn1cc2cc(NC(=O)c3cnc(N4CCC(CNC5CC5)C4)cn3)cc(F)c2n1. The van der Waals surface area contributed by atoms with Crippen LogP contribution in [0.4, 0.5) is 15.9 Å². The van der Waals surface area contributed by atoms with E-state index in [-0.39, 0.29) is 11.2 Å². The van der Waals surface area contributed by atoms with Crippen LogP contribution in [0, 0.1) is 11.7 Å². The molecule has 1 atom stereocenters. The Morgan fingerprint density at radius 1 is 1.23 bits per heavy atom. The lowest BCUT2D eigenvalue weighted by Gasteiger charge is -2.17. The Bertz CT molecular complexity index is 1080. The molecule has 1 aromatic carbocycles. The molecule has 2 aromatic heterocycles. The van der Waals surface area contributed by atoms with E-state index in [0.29, 0.717) is 17.0 Å². The molecule has 1 aliphatic carbocycles. The van der Waals surface area contributed by atoms with E-state index in [1.54, 1.807) is 25.5 Å². The van der Waals surface area contributed by atoms with E-state index in [1.165, 1.54) is 29.8 Å². The summed E-state index contributed by atoms with van der Waals surface area (Å²) < 4.78 is 15.7. The van der Waals surface area contributed by atoms with Gasteiger partial charge in [-0.25, -0.2) is 14.4 Å². The van der Waals surface area contributed by atoms with E-state index < -0.39 is 11.7 Å². The molecule has 3 aromatic rings. The molecule has 1 saturated heterocycles. The molecule has 1 unspecified atom stereocenters. The first-order valence-corrected chi connectivity index (χ1v) is 10.3. The van der Waals surface area contributed by atoms with Gasteiger partial charge in [0.1, 0.15) is 17.0 Å². The maximum Gasteiger partial charge on any atom is 0.275 e. The highest BCUT2D eigenvalue weighted by atomic mass is 19.1. The summed E-state index contributed by atoms with van der Waals surface area (Å²) in [6.45, 7) is 2.94. The number of aromatic nitrogens is 4. The highest BCUT2D eigenvalue weighted by Gasteiger charge is 2.27. The topological polar surface area (TPSA) is 88.0 Å². The fourth-order valence-electron chi connectivity index (χ4n) is 3.91. The van der Waals surface area contributed by atoms with Crippen molar-refractivity contribution in [3.63, 3.8) is 0 Å². The van der Waals surface area contributed by atoms with Crippen LogP contribution < -0.4 is 15.5 Å². The van der Waals surface area contributed by atoms with Gasteiger partial charge in [0.15, 0.2) is 5.82 Å². The van der Waals surface area contributed by atoms with E-state index in [2.05, 4.69) is 30.6 Å². The fourth-order valence-corrected chi connectivity index (χ4v) is 3.91. The van der Waals surface area contributed by atoms with Gasteiger partial charge in [0.25, 0.3) is 5.91 Å². The van der Waals surface area contributed by atoms with Crippen molar-refractivity contribution < 1.29 is 9.18 Å². The number of nitrogens with one attached hydrogen (secondary N) is 2. The summed E-state index contributed by atoms with van der Waals surface area (Å²) >= 11 is 0. The summed E-state index contributed by atoms with van der Waals surface area (Å²) in [6, 6.07) is 3.67. The van der Waals surface area contributed by atoms with Crippen molar-refractivity contribution in [3.8, 4) is 0 Å². The summed E-state index contributed by atoms with van der Waals surface area (Å²) in [4.78, 5) is 23.4. The first kappa shape index (κ1) is 18.9. The third-order valence-electron chi connectivity index (χ3n) is 5.69.